The third-order valence-electron chi connectivity index (χ3n) is 0.769. The molecule has 0 radical (unpaired) electrons. The molecule has 0 aliphatic heterocycles. The molecular weight excluding hydrogens is 120 g/mol. The highest BCUT2D eigenvalue weighted by atomic mass is 32.1. The van der Waals surface area contributed by atoms with Crippen LogP contribution in [0.3, 0.4) is 0 Å². The first-order chi connectivity index (χ1) is 3.93. The van der Waals surface area contributed by atoms with Crippen molar-refractivity contribution < 1.29 is 0 Å². The average Bonchev–Trinajstić information content (AvgIpc) is 2.19. The molecule has 0 amide bonds. The Labute approximate surface area is 52.5 Å². The molecule has 0 spiro atoms. The molecule has 0 atom stereocenters. The molecule has 2 nitrogen and oxygen atoms in total. The lowest BCUT2D eigenvalue weighted by molar-refractivity contribution is 0.992. The highest BCUT2D eigenvalue weighted by Gasteiger charge is 1.83. The Kier molecular flexibility index (Phi) is 1.88. The minimum atomic E-state index is 1.15. The number of nitrogens with one attached hydrogen (secondary N) is 2. The summed E-state index contributed by atoms with van der Waals surface area (Å²) in [5.74, 6) is 0. The van der Waals surface area contributed by atoms with E-state index < -0.39 is 0 Å². The van der Waals surface area contributed by atoms with Gasteiger partial charge in [0.15, 0.2) is 0 Å². The summed E-state index contributed by atoms with van der Waals surface area (Å²) in [4.78, 5) is 0. The summed E-state index contributed by atoms with van der Waals surface area (Å²) in [5, 5.41) is 3.17. The molecule has 3 heteroatoms. The van der Waals surface area contributed by atoms with E-state index in [1.807, 2.05) is 24.6 Å². The van der Waals surface area contributed by atoms with E-state index in [0.29, 0.717) is 0 Å². The van der Waals surface area contributed by atoms with E-state index in [-0.39, 0.29) is 0 Å². The molecule has 0 bridgehead atoms. The summed E-state index contributed by atoms with van der Waals surface area (Å²) in [6.07, 6.45) is 0. The van der Waals surface area contributed by atoms with Crippen molar-refractivity contribution >= 4 is 16.3 Å². The van der Waals surface area contributed by atoms with Crippen LogP contribution in [0.25, 0.3) is 0 Å². The summed E-state index contributed by atoms with van der Waals surface area (Å²) >= 11 is 1.67. The number of hydrogen-bond acceptors (Lipinski definition) is 3. The second-order valence-corrected chi connectivity index (χ2v) is 2.30. The van der Waals surface area contributed by atoms with Crippen LogP contribution in [0.15, 0.2) is 17.5 Å². The lowest BCUT2D eigenvalue weighted by Gasteiger charge is -1.95. The molecule has 0 aliphatic rings. The molecule has 0 saturated heterocycles. The Morgan fingerprint density at radius 1 is 1.62 bits per heavy atom. The zero-order valence-corrected chi connectivity index (χ0v) is 5.46. The first-order valence-corrected chi connectivity index (χ1v) is 3.27. The predicted molar refractivity (Wildman–Crippen MR) is 37.0 cm³/mol. The third kappa shape index (κ3) is 1.21. The van der Waals surface area contributed by atoms with Gasteiger partial charge in [-0.3, -0.25) is 0 Å². The van der Waals surface area contributed by atoms with E-state index in [9.17, 15) is 0 Å². The van der Waals surface area contributed by atoms with Crippen molar-refractivity contribution in [3.8, 4) is 0 Å². The molecule has 0 aliphatic carbocycles. The second-order valence-electron chi connectivity index (χ2n) is 1.35. The SMILES string of the molecule is CNNc1cccs1. The molecule has 1 rings (SSSR count). The monoisotopic (exact) mass is 128 g/mol. The maximum atomic E-state index is 2.96. The number of rotatable bonds is 2. The van der Waals surface area contributed by atoms with Gasteiger partial charge in [-0.25, -0.2) is 5.43 Å². The van der Waals surface area contributed by atoms with Crippen molar-refractivity contribution in [2.24, 2.45) is 0 Å². The molecule has 1 aromatic rings. The number of hydrogen-bond donors (Lipinski definition) is 2. The summed E-state index contributed by atoms with van der Waals surface area (Å²) < 4.78 is 0. The van der Waals surface area contributed by atoms with Crippen molar-refractivity contribution in [2.45, 2.75) is 0 Å². The molecule has 44 valence electrons. The van der Waals surface area contributed by atoms with Crippen LogP contribution in [-0.4, -0.2) is 7.05 Å². The lowest BCUT2D eigenvalue weighted by atomic mass is 10.6. The fourth-order valence-electron chi connectivity index (χ4n) is 0.473. The van der Waals surface area contributed by atoms with Crippen molar-refractivity contribution in [1.82, 2.24) is 5.43 Å². The van der Waals surface area contributed by atoms with Crippen LogP contribution in [0.2, 0.25) is 0 Å². The molecular formula is C5H8N2S. The van der Waals surface area contributed by atoms with Gasteiger partial charge >= 0.3 is 0 Å². The zero-order valence-electron chi connectivity index (χ0n) is 4.64. The van der Waals surface area contributed by atoms with Gasteiger partial charge < -0.3 is 5.43 Å². The van der Waals surface area contributed by atoms with Crippen LogP contribution in [0.5, 0.6) is 0 Å². The maximum absolute atomic E-state index is 2.96. The van der Waals surface area contributed by atoms with E-state index in [2.05, 4.69) is 10.9 Å². The van der Waals surface area contributed by atoms with Gasteiger partial charge in [0.25, 0.3) is 0 Å². The maximum Gasteiger partial charge on any atom is 0.102 e. The lowest BCUT2D eigenvalue weighted by Crippen LogP contribution is -2.13. The largest absolute Gasteiger partial charge is 0.313 e. The smallest absolute Gasteiger partial charge is 0.102 e. The van der Waals surface area contributed by atoms with Gasteiger partial charge in [0.1, 0.15) is 5.00 Å². The minimum Gasteiger partial charge on any atom is -0.313 e. The van der Waals surface area contributed by atoms with Crippen molar-refractivity contribution in [3.63, 3.8) is 0 Å². The molecule has 8 heavy (non-hydrogen) atoms. The van der Waals surface area contributed by atoms with Crippen LogP contribution in [0, 0.1) is 0 Å². The molecule has 2 N–H and O–H groups in total. The van der Waals surface area contributed by atoms with E-state index >= 15 is 0 Å². The quantitative estimate of drug-likeness (QED) is 0.586. The Morgan fingerprint density at radius 2 is 2.50 bits per heavy atom. The summed E-state index contributed by atoms with van der Waals surface area (Å²) in [6, 6.07) is 4.02. The molecule has 0 unspecified atom stereocenters. The Hall–Kier alpha value is -0.540. The fraction of sp³-hybridized carbons (Fsp3) is 0.200. The van der Waals surface area contributed by atoms with Gasteiger partial charge in [-0.05, 0) is 17.5 Å². The Bertz CT molecular complexity index is 136. The minimum absolute atomic E-state index is 1.15. The normalized spacial score (nSPS) is 9.12. The highest BCUT2D eigenvalue weighted by Crippen LogP contribution is 2.12. The highest BCUT2D eigenvalue weighted by molar-refractivity contribution is 7.14. The fourth-order valence-corrected chi connectivity index (χ4v) is 1.09. The van der Waals surface area contributed by atoms with E-state index in [0.717, 1.165) is 5.00 Å². The van der Waals surface area contributed by atoms with Gasteiger partial charge in [-0.2, -0.15) is 0 Å². The van der Waals surface area contributed by atoms with E-state index in [1.54, 1.807) is 11.3 Å². The topological polar surface area (TPSA) is 24.1 Å². The number of anilines is 1. The summed E-state index contributed by atoms with van der Waals surface area (Å²) in [6.45, 7) is 0. The van der Waals surface area contributed by atoms with Crippen molar-refractivity contribution in [2.75, 3.05) is 12.5 Å². The first-order valence-electron chi connectivity index (χ1n) is 2.40. The molecule has 1 aromatic heterocycles. The van der Waals surface area contributed by atoms with Gasteiger partial charge in [0, 0.05) is 7.05 Å². The van der Waals surface area contributed by atoms with Crippen LogP contribution < -0.4 is 10.9 Å². The van der Waals surface area contributed by atoms with Gasteiger partial charge in [0.2, 0.25) is 0 Å². The van der Waals surface area contributed by atoms with Crippen LogP contribution in [0.4, 0.5) is 5.00 Å². The zero-order chi connectivity index (χ0) is 5.82. The van der Waals surface area contributed by atoms with Gasteiger partial charge in [-0.15, -0.1) is 11.3 Å². The van der Waals surface area contributed by atoms with E-state index in [4.69, 9.17) is 0 Å². The molecule has 0 fully saturated rings. The Balaban J connectivity index is 2.50. The average molecular weight is 128 g/mol. The predicted octanol–water partition coefficient (Wildman–Crippen LogP) is 1.29. The first kappa shape index (κ1) is 5.59. The van der Waals surface area contributed by atoms with Crippen molar-refractivity contribution in [1.29, 1.82) is 0 Å². The number of hydrazine groups is 1. The molecule has 0 saturated carbocycles. The van der Waals surface area contributed by atoms with E-state index in [1.165, 1.54) is 0 Å². The summed E-state index contributed by atoms with van der Waals surface area (Å²) in [7, 11) is 1.85. The summed E-state index contributed by atoms with van der Waals surface area (Å²) in [5.41, 5.74) is 5.79. The van der Waals surface area contributed by atoms with Crippen molar-refractivity contribution in [3.05, 3.63) is 17.5 Å². The van der Waals surface area contributed by atoms with Crippen LogP contribution in [0.1, 0.15) is 0 Å². The second kappa shape index (κ2) is 2.69. The Morgan fingerprint density at radius 3 is 3.00 bits per heavy atom. The van der Waals surface area contributed by atoms with Gasteiger partial charge in [0.05, 0.1) is 0 Å². The molecule has 1 heterocycles. The molecule has 0 aromatic carbocycles. The third-order valence-corrected chi connectivity index (χ3v) is 1.55. The number of thiophene rings is 1. The standard InChI is InChI=1S/C5H8N2S/c1-6-7-5-3-2-4-8-5/h2-4,6-7H,1H3. The van der Waals surface area contributed by atoms with Crippen LogP contribution >= 0.6 is 11.3 Å². The van der Waals surface area contributed by atoms with Gasteiger partial charge in [-0.1, -0.05) is 0 Å². The van der Waals surface area contributed by atoms with Crippen LogP contribution in [-0.2, 0) is 0 Å².